The van der Waals surface area contributed by atoms with Gasteiger partial charge < -0.3 is 19.8 Å². The third kappa shape index (κ3) is 59.2. The molecule has 10 heteroatoms. The summed E-state index contributed by atoms with van der Waals surface area (Å²) in [5.74, 6) is -1.82. The van der Waals surface area contributed by atoms with E-state index in [4.69, 9.17) is 11.3 Å². The van der Waals surface area contributed by atoms with Gasteiger partial charge in [0.2, 0.25) is 0 Å². The van der Waals surface area contributed by atoms with E-state index in [9.17, 15) is 19.8 Å². The van der Waals surface area contributed by atoms with E-state index in [1.54, 1.807) is 8.87 Å². The zero-order valence-electron chi connectivity index (χ0n) is 37.3. The van der Waals surface area contributed by atoms with E-state index in [2.05, 4.69) is 55.4 Å². The van der Waals surface area contributed by atoms with Gasteiger partial charge in [-0.2, -0.15) is 0 Å². The number of carboxylic acids is 2. The summed E-state index contributed by atoms with van der Waals surface area (Å²) >= 11 is -3.54. The summed E-state index contributed by atoms with van der Waals surface area (Å²) in [5.41, 5.74) is 0. The number of hydrogen-bond acceptors (Lipinski definition) is 8. The van der Waals surface area contributed by atoms with Crippen molar-refractivity contribution in [3.63, 3.8) is 0 Å². The van der Waals surface area contributed by atoms with E-state index in [1.807, 2.05) is 0 Å². The van der Waals surface area contributed by atoms with Crippen molar-refractivity contribution in [3.8, 4) is 0 Å². The molecular formula is C44H92O8SnZr. The molecular weight excluding hydrogens is 866 g/mol. The van der Waals surface area contributed by atoms with Crippen LogP contribution in [-0.4, -0.2) is 59.5 Å². The van der Waals surface area contributed by atoms with Crippen LogP contribution in [0.5, 0.6) is 0 Å². The Morgan fingerprint density at radius 3 is 0.833 bits per heavy atom. The van der Waals surface area contributed by atoms with Crippen molar-refractivity contribution >= 4 is 33.1 Å². The van der Waals surface area contributed by atoms with Crippen molar-refractivity contribution in [2.45, 2.75) is 244 Å². The predicted molar refractivity (Wildman–Crippen MR) is 224 cm³/mol. The molecule has 0 N–H and O–H groups in total. The van der Waals surface area contributed by atoms with Crippen LogP contribution in [-0.2, 0) is 42.9 Å². The molecule has 0 saturated heterocycles. The maximum absolute atomic E-state index is 10.1. The third-order valence-electron chi connectivity index (χ3n) is 8.31. The van der Waals surface area contributed by atoms with Crippen LogP contribution >= 0.6 is 0 Å². The van der Waals surface area contributed by atoms with Gasteiger partial charge in [-0.3, -0.25) is 0 Å². The topological polar surface area (TPSA) is 117 Å². The van der Waals surface area contributed by atoms with Gasteiger partial charge in [-0.15, -0.1) is 0 Å². The number of carbonyl (C=O) groups excluding carboxylic acids is 2. The van der Waals surface area contributed by atoms with Crippen LogP contribution < -0.4 is 10.2 Å². The van der Waals surface area contributed by atoms with Gasteiger partial charge in [0.15, 0.2) is 0 Å². The maximum atomic E-state index is 10.1. The van der Waals surface area contributed by atoms with Crippen molar-refractivity contribution < 1.29 is 53.1 Å². The number of unbranched alkanes of at least 4 members (excludes halogenated alkanes) is 18. The fourth-order valence-corrected chi connectivity index (χ4v) is 14.9. The fraction of sp³-hybridized carbons (Fsp3) is 0.955. The molecule has 54 heavy (non-hydrogen) atoms. The Bertz CT molecular complexity index is 626. The zero-order valence-corrected chi connectivity index (χ0v) is 42.6. The van der Waals surface area contributed by atoms with E-state index >= 15 is 0 Å². The number of hydrogen-bond donors (Lipinski definition) is 0. The van der Waals surface area contributed by atoms with Gasteiger partial charge in [0.25, 0.3) is 0 Å². The molecule has 0 aliphatic heterocycles. The Morgan fingerprint density at radius 2 is 0.611 bits per heavy atom. The number of rotatable bonds is 38. The number of carboxylic acid groups (broad SMARTS) is 2. The summed E-state index contributed by atoms with van der Waals surface area (Å²) in [4.78, 5) is 20.2. The molecule has 0 aromatic carbocycles. The number of aliphatic carboxylic acids is 2. The molecule has 0 aromatic rings. The molecule has 0 fully saturated rings. The number of carbonyl (C=O) groups is 2. The standard InChI is InChI=1S/2C12H24O2.2C4H9.4C3H7O.Sn.Zr/c2*1-2-3-4-5-6-7-8-9-10-11-12(13)14;2*1-3-4-2;4*1-2-3-4;;/h2*2-11H2,1H3,(H,13,14);2*1,3-4H2,2H3;4*2-3H2,1H3;;/q;;;;4*-1;+2;+4/p-2. The van der Waals surface area contributed by atoms with E-state index in [0.29, 0.717) is 26.4 Å². The molecule has 0 aromatic heterocycles. The predicted octanol–water partition coefficient (Wildman–Crippen LogP) is 11.9. The minimum atomic E-state index is -3.69. The molecule has 0 aliphatic carbocycles. The van der Waals surface area contributed by atoms with Crippen molar-refractivity contribution in [1.29, 1.82) is 0 Å². The average molecular weight is 959 g/mol. The first kappa shape index (κ1) is 61.1. The molecule has 0 unspecified atom stereocenters. The molecule has 0 aliphatic rings. The second-order valence-electron chi connectivity index (χ2n) is 14.3. The van der Waals surface area contributed by atoms with E-state index < -0.39 is 34.0 Å². The molecule has 8 nitrogen and oxygen atoms in total. The van der Waals surface area contributed by atoms with Crippen LogP contribution in [0.2, 0.25) is 8.87 Å². The van der Waals surface area contributed by atoms with Gasteiger partial charge in [-0.05, 0) is 25.7 Å². The molecule has 324 valence electrons. The van der Waals surface area contributed by atoms with Crippen molar-refractivity contribution in [1.82, 2.24) is 0 Å². The molecule has 0 saturated carbocycles. The van der Waals surface area contributed by atoms with Crippen LogP contribution in [0.25, 0.3) is 0 Å². The second kappa shape index (κ2) is 55.6. The van der Waals surface area contributed by atoms with Gasteiger partial charge in [-0.25, -0.2) is 0 Å². The quantitative estimate of drug-likeness (QED) is 0.0444. The first-order valence-corrected chi connectivity index (χ1v) is 30.9. The average Bonchev–Trinajstić information content (AvgIpc) is 3.16. The van der Waals surface area contributed by atoms with Crippen LogP contribution in [0.15, 0.2) is 0 Å². The Labute approximate surface area is 354 Å². The van der Waals surface area contributed by atoms with Gasteiger partial charge in [0.05, 0.1) is 0 Å². The van der Waals surface area contributed by atoms with Crippen molar-refractivity contribution in [3.05, 3.63) is 0 Å². The van der Waals surface area contributed by atoms with Crippen LogP contribution in [0, 0.1) is 0 Å². The summed E-state index contributed by atoms with van der Waals surface area (Å²) in [5, 5.41) is 20.2. The fourth-order valence-electron chi connectivity index (χ4n) is 5.05. The van der Waals surface area contributed by atoms with Crippen molar-refractivity contribution in [2.75, 3.05) is 26.4 Å². The monoisotopic (exact) mass is 958 g/mol. The van der Waals surface area contributed by atoms with Gasteiger partial charge in [0, 0.05) is 11.9 Å². The second-order valence-corrected chi connectivity index (χ2v) is 23.8. The van der Waals surface area contributed by atoms with E-state index in [0.717, 1.165) is 51.4 Å². The third-order valence-corrected chi connectivity index (χ3v) is 17.8. The van der Waals surface area contributed by atoms with E-state index in [1.165, 1.54) is 116 Å². The van der Waals surface area contributed by atoms with Gasteiger partial charge >= 0.3 is 183 Å². The summed E-state index contributed by atoms with van der Waals surface area (Å²) < 4.78 is 26.6. The molecule has 0 bridgehead atoms. The summed E-state index contributed by atoms with van der Waals surface area (Å²) in [7, 11) is 0. The zero-order chi connectivity index (χ0) is 41.2. The first-order chi connectivity index (χ1) is 26.2. The Hall–Kier alpha value is 0.462. The molecule has 0 spiro atoms. The van der Waals surface area contributed by atoms with Crippen LogP contribution in [0.3, 0.4) is 0 Å². The molecule has 0 amide bonds. The van der Waals surface area contributed by atoms with Gasteiger partial charge in [0.1, 0.15) is 0 Å². The first-order valence-electron chi connectivity index (χ1n) is 22.9. The minimum absolute atomic E-state index is 0.149. The SMILES string of the molecule is CCCCCCCCCCCC(=O)[O-].CCCCCCCCCCCC(=O)[O-].CCC[CH2][Sn+2][CH2]CCC.CCC[O][Zr]([O]CCC)([O]CCC)[O]CCC. The van der Waals surface area contributed by atoms with Gasteiger partial charge in [-0.1, -0.05) is 117 Å². The van der Waals surface area contributed by atoms with Crippen molar-refractivity contribution in [2.24, 2.45) is 0 Å². The summed E-state index contributed by atoms with van der Waals surface area (Å²) in [6.07, 6.45) is 32.0. The molecule has 0 radical (unpaired) electrons. The summed E-state index contributed by atoms with van der Waals surface area (Å²) in [6, 6.07) is 0. The molecule has 0 rings (SSSR count). The van der Waals surface area contributed by atoms with Crippen LogP contribution in [0.1, 0.15) is 235 Å². The Morgan fingerprint density at radius 1 is 0.370 bits per heavy atom. The molecule has 0 heterocycles. The molecule has 0 atom stereocenters. The van der Waals surface area contributed by atoms with E-state index in [-0.39, 0.29) is 34.0 Å². The normalized spacial score (nSPS) is 10.7. The van der Waals surface area contributed by atoms with Crippen LogP contribution in [0.4, 0.5) is 0 Å². The Kier molecular flexibility index (Phi) is 62.9. The summed E-state index contributed by atoms with van der Waals surface area (Å²) in [6.45, 7) is 20.0. The Balaban J connectivity index is -0.000000315.